The first-order valence-electron chi connectivity index (χ1n) is 5.14. The molecule has 0 aromatic carbocycles. The van der Waals surface area contributed by atoms with E-state index in [4.69, 9.17) is 5.11 Å². The molecule has 4 nitrogen and oxygen atoms in total. The van der Waals surface area contributed by atoms with Gasteiger partial charge in [-0.2, -0.15) is 13.2 Å². The summed E-state index contributed by atoms with van der Waals surface area (Å²) in [7, 11) is 0. The molecule has 7 heteroatoms. The van der Waals surface area contributed by atoms with Crippen molar-refractivity contribution in [3.05, 3.63) is 29.6 Å². The van der Waals surface area contributed by atoms with Crippen LogP contribution in [0.5, 0.6) is 0 Å². The van der Waals surface area contributed by atoms with E-state index in [1.165, 1.54) is 12.1 Å². The number of nitrogens with zero attached hydrogens (tertiary/aromatic N) is 2. The SMILES string of the molecule is CCC(N=Cc1cccnc1C(F)(F)F)C(=O)O. The van der Waals surface area contributed by atoms with Crippen molar-refractivity contribution in [3.8, 4) is 0 Å². The zero-order chi connectivity index (χ0) is 13.8. The number of halogens is 3. The van der Waals surface area contributed by atoms with Gasteiger partial charge in [-0.05, 0) is 18.6 Å². The zero-order valence-electron chi connectivity index (χ0n) is 9.48. The number of aromatic nitrogens is 1. The number of aliphatic carboxylic acids is 1. The highest BCUT2D eigenvalue weighted by molar-refractivity contribution is 5.84. The van der Waals surface area contributed by atoms with E-state index in [2.05, 4.69) is 9.98 Å². The summed E-state index contributed by atoms with van der Waals surface area (Å²) >= 11 is 0. The number of carbonyl (C=O) groups is 1. The topological polar surface area (TPSA) is 62.5 Å². The Balaban J connectivity index is 3.04. The van der Waals surface area contributed by atoms with Crippen LogP contribution < -0.4 is 0 Å². The predicted molar refractivity (Wildman–Crippen MR) is 58.5 cm³/mol. The lowest BCUT2D eigenvalue weighted by molar-refractivity contribution is -0.141. The summed E-state index contributed by atoms with van der Waals surface area (Å²) in [5, 5.41) is 8.73. The van der Waals surface area contributed by atoms with Crippen LogP contribution in [-0.4, -0.2) is 28.3 Å². The van der Waals surface area contributed by atoms with Crippen molar-refractivity contribution >= 4 is 12.2 Å². The van der Waals surface area contributed by atoms with Gasteiger partial charge in [0.2, 0.25) is 0 Å². The molecule has 0 spiro atoms. The highest BCUT2D eigenvalue weighted by atomic mass is 19.4. The Morgan fingerprint density at radius 1 is 1.61 bits per heavy atom. The van der Waals surface area contributed by atoms with Gasteiger partial charge in [-0.25, -0.2) is 4.79 Å². The first-order valence-corrected chi connectivity index (χ1v) is 5.14. The third kappa shape index (κ3) is 3.54. The van der Waals surface area contributed by atoms with Crippen LogP contribution in [0.2, 0.25) is 0 Å². The summed E-state index contributed by atoms with van der Waals surface area (Å²) in [6, 6.07) is 1.47. The van der Waals surface area contributed by atoms with Gasteiger partial charge in [0.15, 0.2) is 5.69 Å². The molecule has 0 aliphatic heterocycles. The standard InChI is InChI=1S/C11H11F3N2O2/c1-2-8(10(17)18)16-6-7-4-3-5-15-9(7)11(12,13)14/h3-6,8H,2H2,1H3,(H,17,18). The number of carboxylic acid groups (broad SMARTS) is 1. The van der Waals surface area contributed by atoms with E-state index < -0.39 is 23.9 Å². The second-order valence-corrected chi connectivity index (χ2v) is 3.48. The summed E-state index contributed by atoms with van der Waals surface area (Å²) in [4.78, 5) is 17.5. The van der Waals surface area contributed by atoms with E-state index in [0.717, 1.165) is 12.4 Å². The monoisotopic (exact) mass is 260 g/mol. The maximum absolute atomic E-state index is 12.6. The Labute approximate surface area is 101 Å². The van der Waals surface area contributed by atoms with E-state index in [0.29, 0.717) is 0 Å². The lowest BCUT2D eigenvalue weighted by Crippen LogP contribution is -2.17. The molecule has 1 unspecified atom stereocenters. The normalized spacial score (nSPS) is 13.8. The van der Waals surface area contributed by atoms with Crippen LogP contribution in [0.25, 0.3) is 0 Å². The quantitative estimate of drug-likeness (QED) is 0.845. The molecule has 1 N–H and O–H groups in total. The second-order valence-electron chi connectivity index (χ2n) is 3.48. The van der Waals surface area contributed by atoms with Crippen LogP contribution in [0.4, 0.5) is 13.2 Å². The van der Waals surface area contributed by atoms with Gasteiger partial charge in [0, 0.05) is 18.0 Å². The largest absolute Gasteiger partial charge is 0.480 e. The summed E-state index contributed by atoms with van der Waals surface area (Å²) in [6.45, 7) is 1.59. The van der Waals surface area contributed by atoms with Gasteiger partial charge in [0.05, 0.1) is 0 Å². The lowest BCUT2D eigenvalue weighted by Gasteiger charge is -2.08. The van der Waals surface area contributed by atoms with E-state index in [9.17, 15) is 18.0 Å². The number of carboxylic acids is 1. The Kier molecular flexibility index (Phi) is 4.41. The number of alkyl halides is 3. The number of rotatable bonds is 4. The zero-order valence-corrected chi connectivity index (χ0v) is 9.48. The average molecular weight is 260 g/mol. The number of aliphatic imine (C=N–C) groups is 1. The third-order valence-electron chi connectivity index (χ3n) is 2.17. The van der Waals surface area contributed by atoms with Crippen LogP contribution in [-0.2, 0) is 11.0 Å². The average Bonchev–Trinajstić information content (AvgIpc) is 2.28. The Morgan fingerprint density at radius 2 is 2.28 bits per heavy atom. The molecule has 1 heterocycles. The predicted octanol–water partition coefficient (Wildman–Crippen LogP) is 2.38. The molecule has 0 aliphatic rings. The first-order chi connectivity index (χ1) is 8.36. The number of hydrogen-bond donors (Lipinski definition) is 1. The minimum atomic E-state index is -4.59. The van der Waals surface area contributed by atoms with Gasteiger partial charge in [-0.3, -0.25) is 9.98 Å². The molecule has 0 saturated heterocycles. The summed E-state index contributed by atoms with van der Waals surface area (Å²) < 4.78 is 37.7. The fourth-order valence-corrected chi connectivity index (χ4v) is 1.27. The molecule has 0 amide bonds. The molecule has 0 radical (unpaired) electrons. The second kappa shape index (κ2) is 5.61. The van der Waals surface area contributed by atoms with Gasteiger partial charge in [-0.1, -0.05) is 6.92 Å². The summed E-state index contributed by atoms with van der Waals surface area (Å²) in [6.07, 6.45) is -2.46. The molecule has 1 rings (SSSR count). The Bertz CT molecular complexity index is 458. The molecule has 0 fully saturated rings. The van der Waals surface area contributed by atoms with Crippen molar-refractivity contribution < 1.29 is 23.1 Å². The lowest BCUT2D eigenvalue weighted by atomic mass is 10.2. The number of pyridine rings is 1. The van der Waals surface area contributed by atoms with E-state index in [1.54, 1.807) is 6.92 Å². The van der Waals surface area contributed by atoms with Gasteiger partial charge in [0.25, 0.3) is 0 Å². The van der Waals surface area contributed by atoms with Crippen molar-refractivity contribution in [3.63, 3.8) is 0 Å². The fourth-order valence-electron chi connectivity index (χ4n) is 1.27. The van der Waals surface area contributed by atoms with Gasteiger partial charge < -0.3 is 5.11 Å². The van der Waals surface area contributed by atoms with Crippen LogP contribution >= 0.6 is 0 Å². The van der Waals surface area contributed by atoms with Crippen molar-refractivity contribution in [2.45, 2.75) is 25.6 Å². The maximum Gasteiger partial charge on any atom is 0.433 e. The van der Waals surface area contributed by atoms with E-state index in [1.807, 2.05) is 0 Å². The van der Waals surface area contributed by atoms with Crippen LogP contribution in [0, 0.1) is 0 Å². The molecule has 0 bridgehead atoms. The molecule has 1 aromatic rings. The van der Waals surface area contributed by atoms with Crippen molar-refractivity contribution in [2.75, 3.05) is 0 Å². The van der Waals surface area contributed by atoms with E-state index >= 15 is 0 Å². The Morgan fingerprint density at radius 3 is 2.78 bits per heavy atom. The minimum Gasteiger partial charge on any atom is -0.480 e. The van der Waals surface area contributed by atoms with Gasteiger partial charge in [-0.15, -0.1) is 0 Å². The Hall–Kier alpha value is -1.92. The van der Waals surface area contributed by atoms with Crippen LogP contribution in [0.15, 0.2) is 23.3 Å². The smallest absolute Gasteiger partial charge is 0.433 e. The van der Waals surface area contributed by atoms with Crippen molar-refractivity contribution in [2.24, 2.45) is 4.99 Å². The van der Waals surface area contributed by atoms with Gasteiger partial charge >= 0.3 is 12.1 Å². The number of hydrogen-bond acceptors (Lipinski definition) is 3. The molecule has 0 saturated carbocycles. The molecule has 1 aromatic heterocycles. The molecule has 0 aliphatic carbocycles. The summed E-state index contributed by atoms with van der Waals surface area (Å²) in [5.41, 5.74) is -1.32. The molecule has 18 heavy (non-hydrogen) atoms. The third-order valence-corrected chi connectivity index (χ3v) is 2.17. The van der Waals surface area contributed by atoms with Crippen LogP contribution in [0.1, 0.15) is 24.6 Å². The first kappa shape index (κ1) is 14.1. The minimum absolute atomic E-state index is 0.202. The summed E-state index contributed by atoms with van der Waals surface area (Å²) in [5.74, 6) is -1.17. The van der Waals surface area contributed by atoms with Crippen LogP contribution in [0.3, 0.4) is 0 Å². The molecule has 1 atom stereocenters. The van der Waals surface area contributed by atoms with Crippen molar-refractivity contribution in [1.82, 2.24) is 4.98 Å². The molecular weight excluding hydrogens is 249 g/mol. The maximum atomic E-state index is 12.6. The van der Waals surface area contributed by atoms with Gasteiger partial charge in [0.1, 0.15) is 6.04 Å². The highest BCUT2D eigenvalue weighted by Gasteiger charge is 2.34. The molecule has 98 valence electrons. The fraction of sp³-hybridized carbons (Fsp3) is 0.364. The molecular formula is C11H11F3N2O2. The van der Waals surface area contributed by atoms with Crippen molar-refractivity contribution in [1.29, 1.82) is 0 Å². The highest BCUT2D eigenvalue weighted by Crippen LogP contribution is 2.29. The van der Waals surface area contributed by atoms with E-state index in [-0.39, 0.29) is 12.0 Å².